The number of nitrogens with zero attached hydrogens (tertiary/aromatic N) is 2. The van der Waals surface area contributed by atoms with Gasteiger partial charge in [0.1, 0.15) is 6.04 Å². The number of carbonyl (C=O) groups excluding carboxylic acids is 4. The molecule has 1 heterocycles. The first-order chi connectivity index (χ1) is 18.8. The van der Waals surface area contributed by atoms with Gasteiger partial charge in [-0.2, -0.15) is 0 Å². The van der Waals surface area contributed by atoms with E-state index in [9.17, 15) is 19.2 Å². The molecular weight excluding hydrogens is 537 g/mol. The number of hydrogen-bond donors (Lipinski definition) is 1. The molecule has 0 unspecified atom stereocenters. The molecule has 1 fully saturated rings. The van der Waals surface area contributed by atoms with E-state index in [1.165, 1.54) is 9.80 Å². The van der Waals surface area contributed by atoms with E-state index in [1.54, 1.807) is 18.2 Å². The lowest BCUT2D eigenvalue weighted by molar-refractivity contribution is -0.144. The highest BCUT2D eigenvalue weighted by Gasteiger charge is 2.47. The summed E-state index contributed by atoms with van der Waals surface area (Å²) in [6.07, 6.45) is 5.89. The molecule has 206 valence electrons. The van der Waals surface area contributed by atoms with E-state index in [1.807, 2.05) is 49.4 Å². The van der Waals surface area contributed by atoms with Crippen LogP contribution >= 0.6 is 23.2 Å². The van der Waals surface area contributed by atoms with Gasteiger partial charge in [0.05, 0.1) is 11.8 Å². The van der Waals surface area contributed by atoms with Gasteiger partial charge in [-0.15, -0.1) is 0 Å². The smallest absolute Gasteiger partial charge is 0.243 e. The third kappa shape index (κ3) is 6.89. The number of hydrogen-bond acceptors (Lipinski definition) is 4. The molecule has 0 aromatic heterocycles. The molecule has 1 saturated heterocycles. The zero-order valence-corrected chi connectivity index (χ0v) is 23.5. The van der Waals surface area contributed by atoms with E-state index in [0.717, 1.165) is 12.0 Å². The van der Waals surface area contributed by atoms with Crippen molar-refractivity contribution in [1.29, 1.82) is 0 Å². The van der Waals surface area contributed by atoms with Gasteiger partial charge in [0.2, 0.25) is 23.6 Å². The molecule has 1 aliphatic carbocycles. The molecule has 4 rings (SSSR count). The number of halogens is 2. The van der Waals surface area contributed by atoms with Crippen LogP contribution in [0.15, 0.2) is 60.7 Å². The Labute approximate surface area is 239 Å². The summed E-state index contributed by atoms with van der Waals surface area (Å²) in [6, 6.07) is 13.7. The third-order valence-corrected chi connectivity index (χ3v) is 7.91. The van der Waals surface area contributed by atoms with Crippen LogP contribution in [0.25, 0.3) is 0 Å². The lowest BCUT2D eigenvalue weighted by atomic mass is 9.85. The van der Waals surface area contributed by atoms with Crippen LogP contribution in [0.5, 0.6) is 0 Å². The van der Waals surface area contributed by atoms with Gasteiger partial charge >= 0.3 is 0 Å². The summed E-state index contributed by atoms with van der Waals surface area (Å²) in [5.74, 6) is -1.78. The number of benzene rings is 2. The molecule has 39 heavy (non-hydrogen) atoms. The standard InChI is InChI=1S/C30H33Cl2N3O4/c1-2-15-33-28(37)26(17-20-8-4-3-5-9-20)35(19-21-12-13-22(31)18-25(21)32)27(36)14-16-34-29(38)23-10-6-7-11-24(23)30(34)39/h3-9,12-13,18,23-24,26H,2,10-11,14-17,19H2,1H3,(H,33,37)/t23-,24+,26-/m0/s1. The van der Waals surface area contributed by atoms with Gasteiger partial charge in [0, 0.05) is 42.5 Å². The van der Waals surface area contributed by atoms with Crippen molar-refractivity contribution in [3.63, 3.8) is 0 Å². The molecule has 7 nitrogen and oxygen atoms in total. The second-order valence-corrected chi connectivity index (χ2v) is 10.8. The maximum Gasteiger partial charge on any atom is 0.243 e. The Kier molecular flexibility index (Phi) is 9.81. The lowest BCUT2D eigenvalue weighted by Crippen LogP contribution is -2.51. The molecule has 2 aromatic rings. The van der Waals surface area contributed by atoms with Crippen molar-refractivity contribution in [2.45, 2.75) is 51.6 Å². The van der Waals surface area contributed by atoms with Crippen LogP contribution in [0.2, 0.25) is 10.0 Å². The van der Waals surface area contributed by atoms with Crippen LogP contribution in [0, 0.1) is 11.8 Å². The van der Waals surface area contributed by atoms with Crippen LogP contribution in [0.4, 0.5) is 0 Å². The molecule has 0 radical (unpaired) electrons. The van der Waals surface area contributed by atoms with E-state index in [0.29, 0.717) is 41.4 Å². The van der Waals surface area contributed by atoms with Gasteiger partial charge in [0.25, 0.3) is 0 Å². The number of fused-ring (bicyclic) bond motifs is 1. The molecule has 9 heteroatoms. The zero-order valence-electron chi connectivity index (χ0n) is 21.9. The van der Waals surface area contributed by atoms with Gasteiger partial charge in [-0.1, -0.05) is 78.7 Å². The summed E-state index contributed by atoms with van der Waals surface area (Å²) in [4.78, 5) is 55.9. The van der Waals surface area contributed by atoms with Gasteiger partial charge in [-0.05, 0) is 42.5 Å². The second kappa shape index (κ2) is 13.3. The van der Waals surface area contributed by atoms with E-state index < -0.39 is 6.04 Å². The van der Waals surface area contributed by atoms with Crippen LogP contribution < -0.4 is 5.32 Å². The topological polar surface area (TPSA) is 86.8 Å². The lowest BCUT2D eigenvalue weighted by Gasteiger charge is -2.32. The average Bonchev–Trinajstić information content (AvgIpc) is 3.18. The van der Waals surface area contributed by atoms with Crippen molar-refractivity contribution in [1.82, 2.24) is 15.1 Å². The third-order valence-electron chi connectivity index (χ3n) is 7.32. The summed E-state index contributed by atoms with van der Waals surface area (Å²) < 4.78 is 0. The van der Waals surface area contributed by atoms with Crippen molar-refractivity contribution in [2.75, 3.05) is 13.1 Å². The summed E-state index contributed by atoms with van der Waals surface area (Å²) in [6.45, 7) is 2.48. The molecule has 2 aliphatic rings. The van der Waals surface area contributed by atoms with Crippen LogP contribution in [-0.4, -0.2) is 52.6 Å². The first kappa shape index (κ1) is 28.8. The average molecular weight is 571 g/mol. The Hall–Kier alpha value is -3.16. The molecule has 0 bridgehead atoms. The van der Waals surface area contributed by atoms with Crippen molar-refractivity contribution < 1.29 is 19.2 Å². The summed E-state index contributed by atoms with van der Waals surface area (Å²) in [7, 11) is 0. The highest BCUT2D eigenvalue weighted by Crippen LogP contribution is 2.35. The Bertz CT molecular complexity index is 1220. The van der Waals surface area contributed by atoms with Crippen LogP contribution in [0.3, 0.4) is 0 Å². The molecule has 2 aromatic carbocycles. The maximum atomic E-state index is 13.8. The quantitative estimate of drug-likeness (QED) is 0.311. The molecular formula is C30H33Cl2N3O4. The Morgan fingerprint density at radius 3 is 2.31 bits per heavy atom. The maximum absolute atomic E-state index is 13.8. The van der Waals surface area contributed by atoms with Gasteiger partial charge in [0.15, 0.2) is 0 Å². The van der Waals surface area contributed by atoms with E-state index in [4.69, 9.17) is 23.2 Å². The highest BCUT2D eigenvalue weighted by atomic mass is 35.5. The minimum absolute atomic E-state index is 0.0248. The predicted octanol–water partition coefficient (Wildman–Crippen LogP) is 4.80. The van der Waals surface area contributed by atoms with E-state index in [2.05, 4.69) is 5.32 Å². The van der Waals surface area contributed by atoms with Gasteiger partial charge < -0.3 is 10.2 Å². The van der Waals surface area contributed by atoms with Crippen molar-refractivity contribution in [3.8, 4) is 0 Å². The minimum atomic E-state index is -0.824. The predicted molar refractivity (Wildman–Crippen MR) is 151 cm³/mol. The Morgan fingerprint density at radius 2 is 1.69 bits per heavy atom. The molecule has 1 aliphatic heterocycles. The second-order valence-electron chi connectivity index (χ2n) is 9.99. The van der Waals surface area contributed by atoms with Gasteiger partial charge in [-0.3, -0.25) is 24.1 Å². The number of nitrogens with one attached hydrogen (secondary N) is 1. The SMILES string of the molecule is CCCNC(=O)[C@H](Cc1ccccc1)N(Cc1ccc(Cl)cc1Cl)C(=O)CCN1C(=O)[C@H]2CC=CC[C@H]2C1=O. The summed E-state index contributed by atoms with van der Waals surface area (Å²) in [5.41, 5.74) is 1.54. The number of amides is 4. The minimum Gasteiger partial charge on any atom is -0.354 e. The molecule has 4 amide bonds. The highest BCUT2D eigenvalue weighted by molar-refractivity contribution is 6.35. The Balaban J connectivity index is 1.60. The zero-order chi connectivity index (χ0) is 27.9. The number of allylic oxidation sites excluding steroid dienone is 2. The molecule has 0 spiro atoms. The van der Waals surface area contributed by atoms with Crippen molar-refractivity contribution in [2.24, 2.45) is 11.8 Å². The fourth-order valence-corrected chi connectivity index (χ4v) is 5.66. The van der Waals surface area contributed by atoms with E-state index in [-0.39, 0.29) is 55.0 Å². The largest absolute Gasteiger partial charge is 0.354 e. The Morgan fingerprint density at radius 1 is 1.03 bits per heavy atom. The van der Waals surface area contributed by atoms with Crippen molar-refractivity contribution in [3.05, 3.63) is 81.9 Å². The fourth-order valence-electron chi connectivity index (χ4n) is 5.19. The van der Waals surface area contributed by atoms with Crippen molar-refractivity contribution >= 4 is 46.8 Å². The number of rotatable bonds is 11. The van der Waals surface area contributed by atoms with Crippen LogP contribution in [0.1, 0.15) is 43.7 Å². The van der Waals surface area contributed by atoms with Crippen LogP contribution in [-0.2, 0) is 32.1 Å². The molecule has 1 N–H and O–H groups in total. The number of imide groups is 1. The van der Waals surface area contributed by atoms with Gasteiger partial charge in [-0.25, -0.2) is 0 Å². The first-order valence-corrected chi connectivity index (χ1v) is 14.1. The summed E-state index contributed by atoms with van der Waals surface area (Å²) >= 11 is 12.6. The molecule has 3 atom stereocenters. The number of likely N-dealkylation sites (tertiary alicyclic amines) is 1. The first-order valence-electron chi connectivity index (χ1n) is 13.3. The fraction of sp³-hybridized carbons (Fsp3) is 0.400. The number of carbonyl (C=O) groups is 4. The monoisotopic (exact) mass is 569 g/mol. The normalized spacial score (nSPS) is 19.1. The molecule has 0 saturated carbocycles. The summed E-state index contributed by atoms with van der Waals surface area (Å²) in [5, 5.41) is 3.78. The van der Waals surface area contributed by atoms with E-state index >= 15 is 0 Å².